The molecule has 1 aromatic heterocycles. The molecule has 0 unspecified atom stereocenters. The second-order valence-electron chi connectivity index (χ2n) is 3.42. The minimum atomic E-state index is -4.77. The summed E-state index contributed by atoms with van der Waals surface area (Å²) < 4.78 is 73.3. The first-order valence-corrected chi connectivity index (χ1v) is 5.10. The molecular formula is C9H7F6N3S. The van der Waals surface area contributed by atoms with E-state index in [-0.39, 0.29) is 10.6 Å². The van der Waals surface area contributed by atoms with Crippen molar-refractivity contribution < 1.29 is 26.3 Å². The zero-order valence-electron chi connectivity index (χ0n) is 9.06. The third-order valence-corrected chi connectivity index (χ3v) is 2.13. The third kappa shape index (κ3) is 4.54. The molecule has 1 heterocycles. The van der Waals surface area contributed by atoms with Crippen LogP contribution >= 0.6 is 12.2 Å². The van der Waals surface area contributed by atoms with Crippen LogP contribution in [0.1, 0.15) is 11.3 Å². The molecule has 0 fully saturated rings. The molecule has 0 aliphatic rings. The van der Waals surface area contributed by atoms with Crippen LogP contribution in [0.4, 0.5) is 32.2 Å². The Morgan fingerprint density at radius 1 is 1.21 bits per heavy atom. The van der Waals surface area contributed by atoms with Crippen LogP contribution in [0, 0.1) is 0 Å². The number of anilines is 1. The topological polar surface area (TPSA) is 50.9 Å². The Hall–Kier alpha value is -1.58. The second-order valence-corrected chi connectivity index (χ2v) is 3.86. The summed E-state index contributed by atoms with van der Waals surface area (Å²) in [5.41, 5.74) is 3.68. The molecule has 0 atom stereocenters. The highest BCUT2D eigenvalue weighted by molar-refractivity contribution is 7.80. The fourth-order valence-corrected chi connectivity index (χ4v) is 1.30. The fraction of sp³-hybridized carbons (Fsp3) is 0.333. The number of rotatable bonds is 3. The minimum absolute atomic E-state index is 0.188. The number of pyridine rings is 1. The van der Waals surface area contributed by atoms with Gasteiger partial charge in [-0.15, -0.1) is 0 Å². The average Bonchev–Trinajstić information content (AvgIpc) is 2.23. The first-order valence-electron chi connectivity index (χ1n) is 4.69. The van der Waals surface area contributed by atoms with Gasteiger partial charge in [0.15, 0.2) is 0 Å². The lowest BCUT2D eigenvalue weighted by molar-refractivity contribution is -0.141. The first kappa shape index (κ1) is 15.5. The number of nitrogens with zero attached hydrogens (tertiary/aromatic N) is 1. The summed E-state index contributed by atoms with van der Waals surface area (Å²) in [6.45, 7) is -1.54. The molecule has 3 N–H and O–H groups in total. The van der Waals surface area contributed by atoms with Gasteiger partial charge in [-0.05, 0) is 12.1 Å². The second kappa shape index (κ2) is 5.19. The highest BCUT2D eigenvalue weighted by atomic mass is 32.1. The number of halogens is 6. The predicted octanol–water partition coefficient (Wildman–Crippen LogP) is 2.71. The summed E-state index contributed by atoms with van der Waals surface area (Å²) in [5.74, 6) is -0.653. The fourth-order valence-electron chi connectivity index (χ4n) is 1.13. The zero-order valence-corrected chi connectivity index (χ0v) is 9.88. The third-order valence-electron chi connectivity index (χ3n) is 1.91. The van der Waals surface area contributed by atoms with E-state index in [1.54, 1.807) is 5.32 Å². The average molecular weight is 303 g/mol. The van der Waals surface area contributed by atoms with E-state index in [0.29, 0.717) is 6.07 Å². The first-order chi connectivity index (χ1) is 8.50. The molecule has 1 aromatic rings. The summed E-state index contributed by atoms with van der Waals surface area (Å²) >= 11 is 4.53. The van der Waals surface area contributed by atoms with Crippen molar-refractivity contribution in [1.29, 1.82) is 0 Å². The van der Waals surface area contributed by atoms with Gasteiger partial charge in [0.1, 0.15) is 23.0 Å². The van der Waals surface area contributed by atoms with Crippen LogP contribution in [0.15, 0.2) is 12.1 Å². The molecule has 1 rings (SSSR count). The number of nitrogens with one attached hydrogen (secondary N) is 1. The lowest BCUT2D eigenvalue weighted by Crippen LogP contribution is -2.25. The Morgan fingerprint density at radius 2 is 1.79 bits per heavy atom. The molecule has 0 aliphatic heterocycles. The van der Waals surface area contributed by atoms with Crippen molar-refractivity contribution in [2.24, 2.45) is 5.73 Å². The molecule has 0 spiro atoms. The van der Waals surface area contributed by atoms with Gasteiger partial charge in [-0.25, -0.2) is 4.98 Å². The van der Waals surface area contributed by atoms with Crippen molar-refractivity contribution in [2.45, 2.75) is 12.4 Å². The highest BCUT2D eigenvalue weighted by Gasteiger charge is 2.34. The van der Waals surface area contributed by atoms with Crippen LogP contribution in [-0.2, 0) is 6.18 Å². The molecular weight excluding hydrogens is 296 g/mol. The number of alkyl halides is 6. The molecule has 0 bridgehead atoms. The maximum atomic E-state index is 12.4. The Labute approximate surface area is 108 Å². The molecule has 0 saturated heterocycles. The summed E-state index contributed by atoms with van der Waals surface area (Å²) in [6.07, 6.45) is -9.38. The molecule has 3 nitrogen and oxygen atoms in total. The number of thiocarbonyl (C=S) groups is 1. The molecule has 19 heavy (non-hydrogen) atoms. The summed E-state index contributed by atoms with van der Waals surface area (Å²) in [6, 6.07) is 1.46. The Morgan fingerprint density at radius 3 is 2.21 bits per heavy atom. The van der Waals surface area contributed by atoms with Crippen LogP contribution < -0.4 is 11.1 Å². The summed E-state index contributed by atoms with van der Waals surface area (Å²) in [5, 5.41) is 1.74. The van der Waals surface area contributed by atoms with Crippen LogP contribution in [0.3, 0.4) is 0 Å². The van der Waals surface area contributed by atoms with Gasteiger partial charge in [-0.3, -0.25) is 0 Å². The minimum Gasteiger partial charge on any atom is -0.389 e. The lowest BCUT2D eigenvalue weighted by Gasteiger charge is -2.14. The molecule has 0 aromatic carbocycles. The molecule has 0 saturated carbocycles. The number of hydrogen-bond acceptors (Lipinski definition) is 3. The van der Waals surface area contributed by atoms with Crippen LogP contribution in [0.5, 0.6) is 0 Å². The van der Waals surface area contributed by atoms with Gasteiger partial charge in [0.2, 0.25) is 0 Å². The van der Waals surface area contributed by atoms with Crippen molar-refractivity contribution in [3.8, 4) is 0 Å². The van der Waals surface area contributed by atoms with E-state index in [1.807, 2.05) is 0 Å². The van der Waals surface area contributed by atoms with E-state index in [1.165, 1.54) is 0 Å². The summed E-state index contributed by atoms with van der Waals surface area (Å²) in [7, 11) is 0. The maximum absolute atomic E-state index is 12.4. The predicted molar refractivity (Wildman–Crippen MR) is 59.7 cm³/mol. The van der Waals surface area contributed by atoms with E-state index >= 15 is 0 Å². The standard InChI is InChI=1S/C9H7F6N3S/c10-8(11,12)3-17-7-4(6(16)19)1-2-5(18-7)9(13,14)15/h1-2H,3H2,(H2,16,19)(H,17,18). The van der Waals surface area contributed by atoms with Gasteiger partial charge in [-0.1, -0.05) is 12.2 Å². The molecule has 0 radical (unpaired) electrons. The van der Waals surface area contributed by atoms with E-state index in [2.05, 4.69) is 17.2 Å². The van der Waals surface area contributed by atoms with Crippen molar-refractivity contribution in [2.75, 3.05) is 11.9 Å². The van der Waals surface area contributed by atoms with Gasteiger partial charge >= 0.3 is 12.4 Å². The number of nitrogens with two attached hydrogens (primary N) is 1. The largest absolute Gasteiger partial charge is 0.433 e. The van der Waals surface area contributed by atoms with E-state index in [9.17, 15) is 26.3 Å². The van der Waals surface area contributed by atoms with E-state index < -0.39 is 30.4 Å². The van der Waals surface area contributed by atoms with Crippen molar-refractivity contribution in [3.05, 3.63) is 23.4 Å². The van der Waals surface area contributed by atoms with Gasteiger partial charge in [-0.2, -0.15) is 26.3 Å². The Bertz CT molecular complexity index is 482. The molecule has 0 aliphatic carbocycles. The lowest BCUT2D eigenvalue weighted by atomic mass is 10.2. The van der Waals surface area contributed by atoms with E-state index in [0.717, 1.165) is 6.07 Å². The SMILES string of the molecule is NC(=S)c1ccc(C(F)(F)F)nc1NCC(F)(F)F. The smallest absolute Gasteiger partial charge is 0.389 e. The van der Waals surface area contributed by atoms with Crippen molar-refractivity contribution in [1.82, 2.24) is 4.98 Å². The number of aromatic nitrogens is 1. The normalized spacial score (nSPS) is 12.3. The van der Waals surface area contributed by atoms with Gasteiger partial charge in [0.05, 0.1) is 5.56 Å². The maximum Gasteiger partial charge on any atom is 0.433 e. The quantitative estimate of drug-likeness (QED) is 0.666. The van der Waals surface area contributed by atoms with Crippen molar-refractivity contribution in [3.63, 3.8) is 0 Å². The number of hydrogen-bond donors (Lipinski definition) is 2. The molecule has 0 amide bonds. The van der Waals surface area contributed by atoms with Gasteiger partial charge < -0.3 is 11.1 Å². The van der Waals surface area contributed by atoms with Crippen LogP contribution in [0.25, 0.3) is 0 Å². The Balaban J connectivity index is 3.13. The highest BCUT2D eigenvalue weighted by Crippen LogP contribution is 2.29. The Kier molecular flexibility index (Phi) is 4.23. The molecule has 10 heteroatoms. The van der Waals surface area contributed by atoms with Crippen LogP contribution in [0.2, 0.25) is 0 Å². The monoisotopic (exact) mass is 303 g/mol. The molecule has 106 valence electrons. The van der Waals surface area contributed by atoms with Crippen LogP contribution in [-0.4, -0.2) is 22.7 Å². The van der Waals surface area contributed by atoms with Gasteiger partial charge in [0.25, 0.3) is 0 Å². The van der Waals surface area contributed by atoms with E-state index in [4.69, 9.17) is 5.73 Å². The summed E-state index contributed by atoms with van der Waals surface area (Å²) in [4.78, 5) is 2.71. The zero-order chi connectivity index (χ0) is 14.8. The van der Waals surface area contributed by atoms with Crippen molar-refractivity contribution >= 4 is 23.0 Å². The van der Waals surface area contributed by atoms with Gasteiger partial charge in [0, 0.05) is 0 Å².